The van der Waals surface area contributed by atoms with Crippen LogP contribution in [0.15, 0.2) is 65.6 Å². The Morgan fingerprint density at radius 1 is 1.00 bits per heavy atom. The number of nitrogens with zero attached hydrogens (tertiary/aromatic N) is 1. The summed E-state index contributed by atoms with van der Waals surface area (Å²) in [5, 5.41) is 0.684. The number of anilines is 1. The summed E-state index contributed by atoms with van der Waals surface area (Å²) >= 11 is 12.7. The molecule has 4 nitrogen and oxygen atoms in total. The molecule has 7 heteroatoms. The highest BCUT2D eigenvalue weighted by atomic mass is 35.5. The van der Waals surface area contributed by atoms with Crippen LogP contribution in [0.25, 0.3) is 6.08 Å². The van der Waals surface area contributed by atoms with Gasteiger partial charge in [-0.1, -0.05) is 59.8 Å². The molecule has 0 N–H and O–H groups in total. The van der Waals surface area contributed by atoms with Crippen LogP contribution in [0.3, 0.4) is 0 Å². The molecule has 1 aliphatic heterocycles. The SMILES string of the molecule is COc1cc(/C=C2/SC(=S)N(c3ccc(C)c(C)c3)C2=O)ccc1OCc1ccc(Cl)cc1. The molecule has 0 aromatic heterocycles. The molecule has 0 spiro atoms. The smallest absolute Gasteiger partial charge is 0.270 e. The lowest BCUT2D eigenvalue weighted by molar-refractivity contribution is -0.113. The molecule has 1 fully saturated rings. The normalized spacial score (nSPS) is 14.8. The Morgan fingerprint density at radius 2 is 1.76 bits per heavy atom. The van der Waals surface area contributed by atoms with Gasteiger partial charge in [-0.3, -0.25) is 9.69 Å². The van der Waals surface area contributed by atoms with Gasteiger partial charge in [0.1, 0.15) is 6.61 Å². The van der Waals surface area contributed by atoms with E-state index in [-0.39, 0.29) is 5.91 Å². The third kappa shape index (κ3) is 5.24. The van der Waals surface area contributed by atoms with E-state index in [0.29, 0.717) is 32.4 Å². The maximum Gasteiger partial charge on any atom is 0.270 e. The lowest BCUT2D eigenvalue weighted by Crippen LogP contribution is -2.27. The number of methoxy groups -OCH3 is 1. The zero-order valence-corrected chi connectivity index (χ0v) is 20.8. The Balaban J connectivity index is 1.53. The van der Waals surface area contributed by atoms with Gasteiger partial charge in [0.05, 0.1) is 17.7 Å². The number of benzene rings is 3. The Hall–Kier alpha value is -2.80. The zero-order chi connectivity index (χ0) is 23.5. The number of amides is 1. The average molecular weight is 496 g/mol. The van der Waals surface area contributed by atoms with Crippen molar-refractivity contribution in [3.05, 3.63) is 92.8 Å². The number of thiocarbonyl (C=S) groups is 1. The van der Waals surface area contributed by atoms with Crippen LogP contribution in [-0.4, -0.2) is 17.3 Å². The molecule has 1 amide bonds. The van der Waals surface area contributed by atoms with E-state index < -0.39 is 0 Å². The molecule has 33 heavy (non-hydrogen) atoms. The molecule has 3 aromatic carbocycles. The van der Waals surface area contributed by atoms with Crippen LogP contribution in [0.4, 0.5) is 5.69 Å². The van der Waals surface area contributed by atoms with Crippen LogP contribution in [-0.2, 0) is 11.4 Å². The first-order valence-electron chi connectivity index (χ1n) is 10.3. The molecule has 0 atom stereocenters. The van der Waals surface area contributed by atoms with Gasteiger partial charge < -0.3 is 9.47 Å². The lowest BCUT2D eigenvalue weighted by atomic mass is 10.1. The predicted molar refractivity (Wildman–Crippen MR) is 140 cm³/mol. The summed E-state index contributed by atoms with van der Waals surface area (Å²) in [6, 6.07) is 19.0. The van der Waals surface area contributed by atoms with E-state index in [1.165, 1.54) is 17.3 Å². The summed E-state index contributed by atoms with van der Waals surface area (Å²) in [6.45, 7) is 4.45. The van der Waals surface area contributed by atoms with Crippen molar-refractivity contribution in [1.29, 1.82) is 0 Å². The Kier molecular flexibility index (Phi) is 7.08. The molecule has 0 radical (unpaired) electrons. The van der Waals surface area contributed by atoms with Crippen molar-refractivity contribution in [2.45, 2.75) is 20.5 Å². The Bertz CT molecular complexity index is 1250. The molecule has 1 saturated heterocycles. The fourth-order valence-corrected chi connectivity index (χ4v) is 4.77. The monoisotopic (exact) mass is 495 g/mol. The van der Waals surface area contributed by atoms with E-state index in [4.69, 9.17) is 33.3 Å². The molecule has 168 valence electrons. The van der Waals surface area contributed by atoms with E-state index in [1.54, 1.807) is 12.0 Å². The standard InChI is InChI=1S/C26H22ClNO3S2/c1-16-4-10-21(12-17(16)2)28-25(29)24(33-26(28)32)14-19-7-11-22(23(13-19)30-3)31-15-18-5-8-20(27)9-6-18/h4-14H,15H2,1-3H3/b24-14+. The number of aryl methyl sites for hydroxylation is 2. The fraction of sp³-hybridized carbons (Fsp3) is 0.154. The summed E-state index contributed by atoms with van der Waals surface area (Å²) in [5.41, 5.74) is 4.90. The topological polar surface area (TPSA) is 38.8 Å². The van der Waals surface area contributed by atoms with E-state index >= 15 is 0 Å². The third-order valence-electron chi connectivity index (χ3n) is 5.34. The third-order valence-corrected chi connectivity index (χ3v) is 6.89. The van der Waals surface area contributed by atoms with Gasteiger partial charge in [-0.05, 0) is 78.6 Å². The Labute approximate surface area is 208 Å². The van der Waals surface area contributed by atoms with Crippen LogP contribution in [0.1, 0.15) is 22.3 Å². The number of hydrogen-bond donors (Lipinski definition) is 0. The van der Waals surface area contributed by atoms with Crippen molar-refractivity contribution < 1.29 is 14.3 Å². The first kappa shape index (κ1) is 23.4. The molecule has 1 aliphatic rings. The summed E-state index contributed by atoms with van der Waals surface area (Å²) in [6.07, 6.45) is 1.83. The number of carbonyl (C=O) groups excluding carboxylic acids is 1. The van der Waals surface area contributed by atoms with E-state index in [0.717, 1.165) is 22.4 Å². The molecule has 1 heterocycles. The molecule has 0 saturated carbocycles. The van der Waals surface area contributed by atoms with Gasteiger partial charge in [-0.2, -0.15) is 0 Å². The summed E-state index contributed by atoms with van der Waals surface area (Å²) in [7, 11) is 1.59. The first-order valence-corrected chi connectivity index (χ1v) is 11.9. The van der Waals surface area contributed by atoms with E-state index in [1.807, 2.05) is 80.6 Å². The summed E-state index contributed by atoms with van der Waals surface area (Å²) in [5.74, 6) is 1.07. The minimum Gasteiger partial charge on any atom is -0.493 e. The van der Waals surface area contributed by atoms with Crippen molar-refractivity contribution in [3.63, 3.8) is 0 Å². The molecule has 0 bridgehead atoms. The number of hydrogen-bond acceptors (Lipinski definition) is 5. The number of rotatable bonds is 6. The molecule has 4 rings (SSSR count). The highest BCUT2D eigenvalue weighted by molar-refractivity contribution is 8.27. The molecule has 0 aliphatic carbocycles. The second-order valence-corrected chi connectivity index (χ2v) is 9.72. The van der Waals surface area contributed by atoms with Gasteiger partial charge >= 0.3 is 0 Å². The van der Waals surface area contributed by atoms with Crippen molar-refractivity contribution in [2.75, 3.05) is 12.0 Å². The van der Waals surface area contributed by atoms with Crippen molar-refractivity contribution in [2.24, 2.45) is 0 Å². The fourth-order valence-electron chi connectivity index (χ4n) is 3.34. The summed E-state index contributed by atoms with van der Waals surface area (Å²) < 4.78 is 12.0. The van der Waals surface area contributed by atoms with Gasteiger partial charge in [-0.15, -0.1) is 0 Å². The molecular formula is C26H22ClNO3S2. The van der Waals surface area contributed by atoms with Crippen molar-refractivity contribution in [3.8, 4) is 11.5 Å². The zero-order valence-electron chi connectivity index (χ0n) is 18.4. The van der Waals surface area contributed by atoms with Gasteiger partial charge in [0.25, 0.3) is 5.91 Å². The largest absolute Gasteiger partial charge is 0.493 e. The highest BCUT2D eigenvalue weighted by Crippen LogP contribution is 2.37. The number of carbonyl (C=O) groups is 1. The highest BCUT2D eigenvalue weighted by Gasteiger charge is 2.33. The van der Waals surface area contributed by atoms with Gasteiger partial charge in [0.15, 0.2) is 15.8 Å². The van der Waals surface area contributed by atoms with Crippen LogP contribution in [0.5, 0.6) is 11.5 Å². The second kappa shape index (κ2) is 10.00. The maximum atomic E-state index is 13.1. The molecular weight excluding hydrogens is 474 g/mol. The van der Waals surface area contributed by atoms with Crippen LogP contribution in [0.2, 0.25) is 5.02 Å². The number of thioether (sulfide) groups is 1. The molecule has 0 unspecified atom stereocenters. The second-order valence-electron chi connectivity index (χ2n) is 7.61. The first-order chi connectivity index (χ1) is 15.9. The van der Waals surface area contributed by atoms with Gasteiger partial charge in [0, 0.05) is 5.02 Å². The van der Waals surface area contributed by atoms with Crippen LogP contribution in [0, 0.1) is 13.8 Å². The Morgan fingerprint density at radius 3 is 2.45 bits per heavy atom. The van der Waals surface area contributed by atoms with Crippen molar-refractivity contribution >= 4 is 57.6 Å². The number of ether oxygens (including phenoxy) is 2. The minimum absolute atomic E-state index is 0.129. The maximum absolute atomic E-state index is 13.1. The van der Waals surface area contributed by atoms with E-state index in [9.17, 15) is 4.79 Å². The average Bonchev–Trinajstić information content (AvgIpc) is 3.08. The number of halogens is 1. The van der Waals surface area contributed by atoms with Crippen LogP contribution < -0.4 is 14.4 Å². The van der Waals surface area contributed by atoms with E-state index in [2.05, 4.69) is 0 Å². The van der Waals surface area contributed by atoms with Gasteiger partial charge in [0.2, 0.25) is 0 Å². The summed E-state index contributed by atoms with van der Waals surface area (Å²) in [4.78, 5) is 15.3. The minimum atomic E-state index is -0.129. The van der Waals surface area contributed by atoms with Gasteiger partial charge in [-0.25, -0.2) is 0 Å². The molecule has 3 aromatic rings. The van der Waals surface area contributed by atoms with Crippen LogP contribution >= 0.6 is 35.6 Å². The predicted octanol–water partition coefficient (Wildman–Crippen LogP) is 6.95. The lowest BCUT2D eigenvalue weighted by Gasteiger charge is -2.16. The quantitative estimate of drug-likeness (QED) is 0.273. The van der Waals surface area contributed by atoms with Crippen molar-refractivity contribution in [1.82, 2.24) is 0 Å².